The number of hydrogen-bond acceptors (Lipinski definition) is 18. The van der Waals surface area contributed by atoms with Crippen LogP contribution < -0.4 is 10.6 Å². The fourth-order valence-corrected chi connectivity index (χ4v) is 13.6. The molecular formula is C68H58Cl6F4N14O10. The van der Waals surface area contributed by atoms with Gasteiger partial charge in [0.2, 0.25) is 11.8 Å². The minimum atomic E-state index is -1.23. The monoisotopic (exact) mass is 1520 g/mol. The Kier molecular flexibility index (Phi) is 21.4. The minimum Gasteiger partial charge on any atom is -0.363 e. The van der Waals surface area contributed by atoms with E-state index in [1.54, 1.807) is 50.2 Å². The van der Waals surface area contributed by atoms with E-state index >= 15 is 0 Å². The van der Waals surface area contributed by atoms with Crippen molar-refractivity contribution in [2.24, 2.45) is 0 Å². The topological polar surface area (TPSA) is 255 Å². The number of hydrogen-bond donors (Lipinski definition) is 2. The number of amides is 2. The number of nitrogens with one attached hydrogen (secondary N) is 2. The van der Waals surface area contributed by atoms with E-state index in [4.69, 9.17) is 117 Å². The van der Waals surface area contributed by atoms with Crippen LogP contribution in [-0.4, -0.2) is 147 Å². The van der Waals surface area contributed by atoms with Crippen LogP contribution in [0.1, 0.15) is 84.1 Å². The van der Waals surface area contributed by atoms with Crippen LogP contribution >= 0.6 is 69.6 Å². The van der Waals surface area contributed by atoms with Gasteiger partial charge < -0.3 is 48.5 Å². The fourth-order valence-electron chi connectivity index (χ4n) is 12.7. The Balaban J connectivity index is 0.695. The van der Waals surface area contributed by atoms with Crippen molar-refractivity contribution < 1.29 is 65.0 Å². The second kappa shape index (κ2) is 30.7. The summed E-state index contributed by atoms with van der Waals surface area (Å²) < 4.78 is 119. The van der Waals surface area contributed by atoms with Crippen molar-refractivity contribution in [3.63, 3.8) is 0 Å². The Labute approximate surface area is 608 Å². The summed E-state index contributed by atoms with van der Waals surface area (Å²) in [7, 11) is 0. The Hall–Kier alpha value is -8.04. The van der Waals surface area contributed by atoms with Crippen molar-refractivity contribution in [3.05, 3.63) is 222 Å². The van der Waals surface area contributed by atoms with Gasteiger partial charge in [0.1, 0.15) is 130 Å². The highest BCUT2D eigenvalue weighted by Gasteiger charge is 2.56. The van der Waals surface area contributed by atoms with E-state index in [0.29, 0.717) is 57.0 Å². The molecular weight excluding hydrogens is 1460 g/mol. The maximum atomic E-state index is 15.0. The smallest absolute Gasteiger partial charge is 0.246 e. The minimum absolute atomic E-state index is 0.0179. The molecule has 34 heteroatoms. The second-order valence-electron chi connectivity index (χ2n) is 24.2. The van der Waals surface area contributed by atoms with E-state index in [9.17, 15) is 27.2 Å². The number of fused-ring (bicyclic) bond motifs is 2. The lowest BCUT2D eigenvalue weighted by atomic mass is 9.90. The highest BCUT2D eigenvalue weighted by Crippen LogP contribution is 2.49. The number of halogens is 10. The average molecular weight is 1520 g/mol. The van der Waals surface area contributed by atoms with Gasteiger partial charge in [-0.2, -0.15) is 10.2 Å². The molecule has 2 N–H and O–H groups in total. The predicted molar refractivity (Wildman–Crippen MR) is 361 cm³/mol. The summed E-state index contributed by atoms with van der Waals surface area (Å²) in [5.41, 5.74) is 2.23. The molecule has 0 bridgehead atoms. The number of rotatable bonds is 21. The molecule has 6 aromatic carbocycles. The zero-order valence-corrected chi connectivity index (χ0v) is 58.1. The van der Waals surface area contributed by atoms with Crippen LogP contribution in [0.3, 0.4) is 0 Å². The lowest BCUT2D eigenvalue weighted by Gasteiger charge is -2.49. The van der Waals surface area contributed by atoms with Crippen molar-refractivity contribution in [1.82, 2.24) is 70.2 Å². The van der Waals surface area contributed by atoms with Gasteiger partial charge >= 0.3 is 0 Å². The molecule has 10 aromatic rings. The number of aryl methyl sites for hydroxylation is 2. The first kappa shape index (κ1) is 71.0. The Morgan fingerprint density at radius 1 is 0.529 bits per heavy atom. The lowest BCUT2D eigenvalue weighted by Crippen LogP contribution is -2.58. The summed E-state index contributed by atoms with van der Waals surface area (Å²) in [4.78, 5) is 37.9. The van der Waals surface area contributed by atoms with Crippen molar-refractivity contribution in [2.45, 2.75) is 100 Å². The summed E-state index contributed by atoms with van der Waals surface area (Å²) in [6.45, 7) is 2.41. The SMILES string of the molecule is Cc1nc([C@H]2OC3CO[C@H](c4ccccc4)OC3[C@@H](n3cc(-c4cc(F)c(Cl)c(F)c4)nn3)[C@@H]2OCC(=O)NCCCCNC(=O)CO[C@@H]2[C@@H](n3cc(-c4cc(F)c(Cl)c(F)c4)nn3)[C@H]3O[C@@H](c4ccccc4)OC[C@H]3O[C@H]2c2nc(C)nn2-c2cc(Cl)ccc2Cl)n(-c2cc(Cl)ccc2Cl)n1. The van der Waals surface area contributed by atoms with Gasteiger partial charge in [-0.1, -0.05) is 141 Å². The van der Waals surface area contributed by atoms with Crippen LogP contribution in [-0.2, 0) is 47.5 Å². The largest absolute Gasteiger partial charge is 0.363 e. The third kappa shape index (κ3) is 15.0. The Morgan fingerprint density at radius 3 is 1.31 bits per heavy atom. The van der Waals surface area contributed by atoms with Gasteiger partial charge in [-0.15, -0.1) is 10.2 Å². The van der Waals surface area contributed by atoms with Gasteiger partial charge in [-0.25, -0.2) is 46.3 Å². The van der Waals surface area contributed by atoms with Crippen LogP contribution in [0.15, 0.2) is 134 Å². The van der Waals surface area contributed by atoms with E-state index in [-0.39, 0.29) is 70.5 Å². The molecule has 0 saturated carbocycles. The molecule has 4 aliphatic rings. The molecule has 2 amide bonds. The lowest BCUT2D eigenvalue weighted by molar-refractivity contribution is -0.322. The number of benzene rings is 6. The summed E-state index contributed by atoms with van der Waals surface area (Å²) in [6.07, 6.45) is -6.68. The molecule has 4 aliphatic heterocycles. The number of aromatic nitrogens is 12. The maximum Gasteiger partial charge on any atom is 0.246 e. The van der Waals surface area contributed by atoms with Gasteiger partial charge in [0.05, 0.1) is 47.0 Å². The second-order valence-corrected chi connectivity index (χ2v) is 26.7. The highest BCUT2D eigenvalue weighted by atomic mass is 35.5. The third-order valence-electron chi connectivity index (χ3n) is 17.4. The molecule has 0 radical (unpaired) electrons. The summed E-state index contributed by atoms with van der Waals surface area (Å²) in [6, 6.07) is 30.0. The molecule has 4 fully saturated rings. The summed E-state index contributed by atoms with van der Waals surface area (Å²) in [5, 5.41) is 32.6. The molecule has 12 atom stereocenters. The quantitative estimate of drug-likeness (QED) is 0.0385. The normalized spacial score (nSPS) is 23.4. The Bertz CT molecular complexity index is 4380. The van der Waals surface area contributed by atoms with Crippen molar-refractivity contribution >= 4 is 81.4 Å². The molecule has 102 heavy (non-hydrogen) atoms. The molecule has 530 valence electrons. The zero-order chi connectivity index (χ0) is 71.0. The zero-order valence-electron chi connectivity index (χ0n) is 53.5. The van der Waals surface area contributed by atoms with Crippen LogP contribution in [0.4, 0.5) is 17.6 Å². The van der Waals surface area contributed by atoms with E-state index in [2.05, 4.69) is 41.5 Å². The average Bonchev–Trinajstić information content (AvgIpc) is 1.37. The van der Waals surface area contributed by atoms with Crippen LogP contribution in [0, 0.1) is 37.1 Å². The standard InChI is InChI=1S/C68H58Cl6F4N14O10/c1-33-81-65(91(85-33)49-25-39(69)15-17-41(49)71)63-61(57(59-51(99-63)29-97-67(101-59)35-11-5-3-6-12-35)89-27-47(83-87-89)37-21-43(75)55(73)44(76)22-37)95-31-53(93)79-19-9-10-20-80-54(94)32-96-62-58(90-28-48(84-88-90)38-23-45(77)56(74)46(78)24-38)60-52(30-98-68(102-60)36-13-7-4-8-14-36)100-64(62)66-82-34(2)86-92(66)50-26-40(70)16-18-42(50)72/h3-8,11-18,21-28,51-52,57-64,67-68H,9-10,19-20,29-32H2,1-2H3,(H,79,93)(H,80,94)/t51-,52?,57+,58-,59+,60?,61-,62+,63-,64+,67+,68+/m1/s1. The van der Waals surface area contributed by atoms with Crippen LogP contribution in [0.25, 0.3) is 33.9 Å². The maximum absolute atomic E-state index is 15.0. The molecule has 2 unspecified atom stereocenters. The first-order valence-electron chi connectivity index (χ1n) is 31.9. The molecule has 4 saturated heterocycles. The van der Waals surface area contributed by atoms with E-state index in [1.165, 1.54) is 31.1 Å². The first-order chi connectivity index (χ1) is 49.3. The molecule has 4 aromatic heterocycles. The van der Waals surface area contributed by atoms with Gasteiger partial charge in [-0.3, -0.25) is 9.59 Å². The third-order valence-corrected chi connectivity index (χ3v) is 19.2. The fraction of sp³-hybridized carbons (Fsp3) is 0.324. The van der Waals surface area contributed by atoms with Gasteiger partial charge in [0.15, 0.2) is 24.2 Å². The molecule has 14 rings (SSSR count). The molecule has 0 spiro atoms. The molecule has 0 aliphatic carbocycles. The number of nitrogens with zero attached hydrogens (tertiary/aromatic N) is 12. The van der Waals surface area contributed by atoms with Gasteiger partial charge in [-0.05, 0) is 87.4 Å². The van der Waals surface area contributed by atoms with Crippen molar-refractivity contribution in [3.8, 4) is 33.9 Å². The highest BCUT2D eigenvalue weighted by molar-refractivity contribution is 6.35. The first-order valence-corrected chi connectivity index (χ1v) is 34.2. The van der Waals surface area contributed by atoms with E-state index in [1.807, 2.05) is 60.7 Å². The van der Waals surface area contributed by atoms with Crippen LogP contribution in [0.5, 0.6) is 0 Å². The van der Waals surface area contributed by atoms with Crippen molar-refractivity contribution in [2.75, 3.05) is 39.5 Å². The Morgan fingerprint density at radius 2 is 0.922 bits per heavy atom. The molecule has 24 nitrogen and oxygen atoms in total. The van der Waals surface area contributed by atoms with E-state index in [0.717, 1.165) is 24.3 Å². The summed E-state index contributed by atoms with van der Waals surface area (Å²) >= 11 is 38.4. The van der Waals surface area contributed by atoms with Gasteiger partial charge in [0, 0.05) is 45.4 Å². The number of carbonyl (C=O) groups is 2. The van der Waals surface area contributed by atoms with E-state index < -0.39 is 132 Å². The van der Waals surface area contributed by atoms with Crippen molar-refractivity contribution in [1.29, 1.82) is 0 Å². The number of carbonyl (C=O) groups excluding carboxylic acids is 2. The van der Waals surface area contributed by atoms with Gasteiger partial charge in [0.25, 0.3) is 0 Å². The molecule has 8 heterocycles. The number of ether oxygens (including phenoxy) is 8. The predicted octanol–water partition coefficient (Wildman–Crippen LogP) is 12.5. The summed E-state index contributed by atoms with van der Waals surface area (Å²) in [5.74, 6) is -4.19. The number of unbranched alkanes of at least 4 members (excludes halogenated alkanes) is 1. The van der Waals surface area contributed by atoms with Crippen LogP contribution in [0.2, 0.25) is 30.1 Å².